The van der Waals surface area contributed by atoms with Gasteiger partial charge < -0.3 is 4.74 Å². The molecule has 1 saturated carbocycles. The number of ether oxygens (including phenoxy) is 1. The van der Waals surface area contributed by atoms with Crippen LogP contribution in [0.5, 0.6) is 0 Å². The highest BCUT2D eigenvalue weighted by Gasteiger charge is 2.43. The molecule has 0 bridgehead atoms. The quantitative estimate of drug-likeness (QED) is 0.787. The Morgan fingerprint density at radius 2 is 1.95 bits per heavy atom. The summed E-state index contributed by atoms with van der Waals surface area (Å²) in [7, 11) is 1.41. The Morgan fingerprint density at radius 1 is 1.19 bits per heavy atom. The van der Waals surface area contributed by atoms with Gasteiger partial charge in [-0.15, -0.1) is 0 Å². The average Bonchev–Trinajstić information content (AvgIpc) is 3.34. The van der Waals surface area contributed by atoms with Gasteiger partial charge in [-0.05, 0) is 60.9 Å². The first-order valence-electron chi connectivity index (χ1n) is 7.32. The molecule has 3 rings (SSSR count). The normalized spacial score (nSPS) is 15.5. The largest absolute Gasteiger partial charge is 0.465 e. The molecule has 0 spiro atoms. The molecule has 0 atom stereocenters. The molecule has 1 fully saturated rings. The second-order valence-corrected chi connectivity index (χ2v) is 5.67. The van der Waals surface area contributed by atoms with Gasteiger partial charge in [-0.2, -0.15) is 0 Å². The van der Waals surface area contributed by atoms with E-state index in [1.165, 1.54) is 25.5 Å². The fourth-order valence-corrected chi connectivity index (χ4v) is 2.82. The van der Waals surface area contributed by atoms with Crippen molar-refractivity contribution in [2.24, 2.45) is 0 Å². The van der Waals surface area contributed by atoms with Crippen LogP contribution in [0.2, 0.25) is 0 Å². The first-order chi connectivity index (χ1) is 10.2. The summed E-state index contributed by atoms with van der Waals surface area (Å²) in [6, 6.07) is 13.9. The number of aromatic nitrogens is 1. The third kappa shape index (κ3) is 2.97. The lowest BCUT2D eigenvalue weighted by molar-refractivity contribution is 0.0600. The maximum absolute atomic E-state index is 11.5. The van der Waals surface area contributed by atoms with Crippen LogP contribution in [0.1, 0.15) is 40.9 Å². The molecular weight excluding hydrogens is 262 g/mol. The standard InChI is InChI=1S/C18H19NO2/c1-21-17(20)14-5-7-15(8-6-14)18(11-12-18)10-9-16-4-2-3-13-19-16/h2-8,13H,9-12H2,1H3. The molecule has 0 aliphatic heterocycles. The summed E-state index contributed by atoms with van der Waals surface area (Å²) in [6.45, 7) is 0. The highest BCUT2D eigenvalue weighted by molar-refractivity contribution is 5.89. The minimum Gasteiger partial charge on any atom is -0.465 e. The third-order valence-corrected chi connectivity index (χ3v) is 4.36. The third-order valence-electron chi connectivity index (χ3n) is 4.36. The van der Waals surface area contributed by atoms with E-state index in [0.717, 1.165) is 18.5 Å². The average molecular weight is 281 g/mol. The zero-order chi connectivity index (χ0) is 14.7. The van der Waals surface area contributed by atoms with Crippen molar-refractivity contribution >= 4 is 5.97 Å². The van der Waals surface area contributed by atoms with Gasteiger partial charge in [0.05, 0.1) is 12.7 Å². The Kier molecular flexibility index (Phi) is 3.74. The number of rotatable bonds is 5. The number of aryl methyl sites for hydroxylation is 1. The molecule has 1 aromatic carbocycles. The van der Waals surface area contributed by atoms with Gasteiger partial charge in [0.1, 0.15) is 0 Å². The molecule has 0 amide bonds. The maximum Gasteiger partial charge on any atom is 0.337 e. The van der Waals surface area contributed by atoms with Gasteiger partial charge in [0, 0.05) is 11.9 Å². The summed E-state index contributed by atoms with van der Waals surface area (Å²) in [6.07, 6.45) is 6.40. The van der Waals surface area contributed by atoms with Crippen molar-refractivity contribution in [1.29, 1.82) is 0 Å². The van der Waals surface area contributed by atoms with Gasteiger partial charge in [-0.25, -0.2) is 4.79 Å². The van der Waals surface area contributed by atoms with Crippen LogP contribution in [-0.2, 0) is 16.6 Å². The van der Waals surface area contributed by atoms with E-state index in [1.807, 2.05) is 30.5 Å². The summed E-state index contributed by atoms with van der Waals surface area (Å²) in [5.41, 5.74) is 3.37. The second-order valence-electron chi connectivity index (χ2n) is 5.67. The Balaban J connectivity index is 1.69. The zero-order valence-electron chi connectivity index (χ0n) is 12.2. The van der Waals surface area contributed by atoms with Crippen LogP contribution in [0.3, 0.4) is 0 Å². The molecule has 0 N–H and O–H groups in total. The first-order valence-corrected chi connectivity index (χ1v) is 7.32. The number of hydrogen-bond acceptors (Lipinski definition) is 3. The fourth-order valence-electron chi connectivity index (χ4n) is 2.82. The molecule has 21 heavy (non-hydrogen) atoms. The Morgan fingerprint density at radius 3 is 2.52 bits per heavy atom. The minimum atomic E-state index is -0.278. The van der Waals surface area contributed by atoms with Gasteiger partial charge >= 0.3 is 5.97 Å². The number of carbonyl (C=O) groups is 1. The summed E-state index contributed by atoms with van der Waals surface area (Å²) in [4.78, 5) is 15.9. The molecule has 3 nitrogen and oxygen atoms in total. The Labute approximate surface area is 125 Å². The number of hydrogen-bond donors (Lipinski definition) is 0. The van der Waals surface area contributed by atoms with Crippen molar-refractivity contribution in [2.45, 2.75) is 31.1 Å². The number of carbonyl (C=O) groups excluding carboxylic acids is 1. The molecule has 0 saturated heterocycles. The minimum absolute atomic E-state index is 0.278. The topological polar surface area (TPSA) is 39.2 Å². The van der Waals surface area contributed by atoms with E-state index in [9.17, 15) is 4.79 Å². The first kappa shape index (κ1) is 13.8. The van der Waals surface area contributed by atoms with Gasteiger partial charge in [0.2, 0.25) is 0 Å². The lowest BCUT2D eigenvalue weighted by Gasteiger charge is -2.15. The van der Waals surface area contributed by atoms with Crippen LogP contribution in [0.4, 0.5) is 0 Å². The molecule has 108 valence electrons. The van der Waals surface area contributed by atoms with Gasteiger partial charge in [-0.1, -0.05) is 18.2 Å². The fraction of sp³-hybridized carbons (Fsp3) is 0.333. The van der Waals surface area contributed by atoms with E-state index in [0.29, 0.717) is 5.56 Å². The number of methoxy groups -OCH3 is 1. The predicted octanol–water partition coefficient (Wildman–Crippen LogP) is 3.53. The van der Waals surface area contributed by atoms with Crippen molar-refractivity contribution in [3.05, 3.63) is 65.5 Å². The second kappa shape index (κ2) is 5.68. The Bertz CT molecular complexity index is 615. The lowest BCUT2D eigenvalue weighted by atomic mass is 9.89. The molecule has 2 aromatic rings. The van der Waals surface area contributed by atoms with Gasteiger partial charge in [0.15, 0.2) is 0 Å². The SMILES string of the molecule is COC(=O)c1ccc(C2(CCc3ccccn3)CC2)cc1. The molecule has 0 radical (unpaired) electrons. The summed E-state index contributed by atoms with van der Waals surface area (Å²) >= 11 is 0. The smallest absolute Gasteiger partial charge is 0.337 e. The van der Waals surface area contributed by atoms with E-state index in [-0.39, 0.29) is 11.4 Å². The van der Waals surface area contributed by atoms with Crippen molar-refractivity contribution in [2.75, 3.05) is 7.11 Å². The molecule has 1 aliphatic carbocycles. The predicted molar refractivity (Wildman–Crippen MR) is 81.3 cm³/mol. The van der Waals surface area contributed by atoms with Crippen LogP contribution in [0.25, 0.3) is 0 Å². The highest BCUT2D eigenvalue weighted by Crippen LogP contribution is 2.51. The molecular formula is C18H19NO2. The van der Waals surface area contributed by atoms with Gasteiger partial charge in [-0.3, -0.25) is 4.98 Å². The molecule has 0 unspecified atom stereocenters. The molecule has 1 aromatic heterocycles. The van der Waals surface area contributed by atoms with E-state index < -0.39 is 0 Å². The summed E-state index contributed by atoms with van der Waals surface area (Å²) in [5, 5.41) is 0. The summed E-state index contributed by atoms with van der Waals surface area (Å²) in [5.74, 6) is -0.278. The van der Waals surface area contributed by atoms with Crippen LogP contribution in [-0.4, -0.2) is 18.1 Å². The highest BCUT2D eigenvalue weighted by atomic mass is 16.5. The number of benzene rings is 1. The Hall–Kier alpha value is -2.16. The van der Waals surface area contributed by atoms with Crippen LogP contribution in [0, 0.1) is 0 Å². The lowest BCUT2D eigenvalue weighted by Crippen LogP contribution is -2.09. The monoisotopic (exact) mass is 281 g/mol. The van der Waals surface area contributed by atoms with Gasteiger partial charge in [0.25, 0.3) is 0 Å². The van der Waals surface area contributed by atoms with E-state index in [2.05, 4.69) is 23.2 Å². The maximum atomic E-state index is 11.5. The number of pyridine rings is 1. The van der Waals surface area contributed by atoms with E-state index in [4.69, 9.17) is 4.74 Å². The van der Waals surface area contributed by atoms with E-state index >= 15 is 0 Å². The van der Waals surface area contributed by atoms with E-state index in [1.54, 1.807) is 0 Å². The number of nitrogens with zero attached hydrogens (tertiary/aromatic N) is 1. The van der Waals surface area contributed by atoms with Crippen LogP contribution < -0.4 is 0 Å². The molecule has 1 heterocycles. The van der Waals surface area contributed by atoms with Crippen molar-refractivity contribution in [1.82, 2.24) is 4.98 Å². The van der Waals surface area contributed by atoms with Crippen molar-refractivity contribution in [3.8, 4) is 0 Å². The number of esters is 1. The molecule has 3 heteroatoms. The van der Waals surface area contributed by atoms with Crippen molar-refractivity contribution < 1.29 is 9.53 Å². The molecule has 1 aliphatic rings. The van der Waals surface area contributed by atoms with Crippen LogP contribution >= 0.6 is 0 Å². The zero-order valence-corrected chi connectivity index (χ0v) is 12.2. The van der Waals surface area contributed by atoms with Crippen LogP contribution in [0.15, 0.2) is 48.7 Å². The summed E-state index contributed by atoms with van der Waals surface area (Å²) < 4.78 is 4.74. The van der Waals surface area contributed by atoms with Crippen molar-refractivity contribution in [3.63, 3.8) is 0 Å².